The lowest BCUT2D eigenvalue weighted by Gasteiger charge is -2.12. The van der Waals surface area contributed by atoms with E-state index in [0.717, 1.165) is 16.9 Å². The van der Waals surface area contributed by atoms with Gasteiger partial charge in [0.1, 0.15) is 5.75 Å². The fourth-order valence-electron chi connectivity index (χ4n) is 1.36. The Bertz CT molecular complexity index is 299. The van der Waals surface area contributed by atoms with Gasteiger partial charge in [0.25, 0.3) is 0 Å². The van der Waals surface area contributed by atoms with Crippen molar-refractivity contribution in [2.45, 2.75) is 20.0 Å². The van der Waals surface area contributed by atoms with Crippen LogP contribution >= 0.6 is 11.6 Å². The third-order valence-corrected chi connectivity index (χ3v) is 2.35. The first-order valence-corrected chi connectivity index (χ1v) is 5.19. The molecule has 14 heavy (non-hydrogen) atoms. The lowest BCUT2D eigenvalue weighted by Crippen LogP contribution is -2.02. The third kappa shape index (κ3) is 2.63. The monoisotopic (exact) mass is 214 g/mol. The highest BCUT2D eigenvalue weighted by Gasteiger charge is 2.09. The van der Waals surface area contributed by atoms with Crippen molar-refractivity contribution in [1.29, 1.82) is 0 Å². The molecule has 2 nitrogen and oxygen atoms in total. The highest BCUT2D eigenvalue weighted by atomic mass is 35.5. The number of aliphatic hydroxyl groups is 1. The number of aryl methyl sites for hydroxylation is 1. The highest BCUT2D eigenvalue weighted by molar-refractivity contribution is 6.18. The number of hydrogen-bond donors (Lipinski definition) is 1. The predicted octanol–water partition coefficient (Wildman–Crippen LogP) is 2.67. The molecule has 1 unspecified atom stereocenters. The Morgan fingerprint density at radius 2 is 2.21 bits per heavy atom. The molecular formula is C11H15ClO2. The molecule has 0 saturated carbocycles. The summed E-state index contributed by atoms with van der Waals surface area (Å²) in [5.41, 5.74) is 1.87. The van der Waals surface area contributed by atoms with Gasteiger partial charge in [-0.25, -0.2) is 0 Å². The van der Waals surface area contributed by atoms with Crippen LogP contribution in [0, 0.1) is 6.92 Å². The van der Waals surface area contributed by atoms with Crippen LogP contribution in [-0.2, 0) is 0 Å². The number of hydrogen-bond acceptors (Lipinski definition) is 2. The van der Waals surface area contributed by atoms with Crippen LogP contribution in [0.1, 0.15) is 24.2 Å². The first-order valence-electron chi connectivity index (χ1n) is 4.66. The van der Waals surface area contributed by atoms with Crippen LogP contribution < -0.4 is 4.74 Å². The van der Waals surface area contributed by atoms with Gasteiger partial charge >= 0.3 is 0 Å². The fraction of sp³-hybridized carbons (Fsp3) is 0.455. The molecule has 0 aromatic heterocycles. The van der Waals surface area contributed by atoms with Gasteiger partial charge in [0.15, 0.2) is 0 Å². The van der Waals surface area contributed by atoms with Gasteiger partial charge in [0.05, 0.1) is 18.6 Å². The van der Waals surface area contributed by atoms with E-state index >= 15 is 0 Å². The van der Waals surface area contributed by atoms with Crippen molar-refractivity contribution in [3.63, 3.8) is 0 Å². The summed E-state index contributed by atoms with van der Waals surface area (Å²) in [6.07, 6.45) is -0.590. The summed E-state index contributed by atoms with van der Waals surface area (Å²) in [5.74, 6) is 1.05. The molecule has 0 fully saturated rings. The van der Waals surface area contributed by atoms with Crippen molar-refractivity contribution in [2.24, 2.45) is 0 Å². The average Bonchev–Trinajstić information content (AvgIpc) is 2.17. The molecule has 0 radical (unpaired) electrons. The number of benzene rings is 1. The first-order chi connectivity index (χ1) is 6.69. The number of aliphatic hydroxyl groups excluding tert-OH is 1. The summed E-state index contributed by atoms with van der Waals surface area (Å²) >= 11 is 5.58. The summed E-state index contributed by atoms with van der Waals surface area (Å²) in [5, 5.41) is 9.56. The molecule has 0 aliphatic carbocycles. The Balaban J connectivity index is 2.89. The van der Waals surface area contributed by atoms with E-state index in [0.29, 0.717) is 6.61 Å². The fourth-order valence-corrected chi connectivity index (χ4v) is 1.53. The molecule has 0 aliphatic rings. The number of alkyl halides is 1. The Morgan fingerprint density at radius 3 is 2.71 bits per heavy atom. The molecule has 1 rings (SSSR count). The van der Waals surface area contributed by atoms with Gasteiger partial charge in [-0.1, -0.05) is 6.07 Å². The van der Waals surface area contributed by atoms with E-state index in [9.17, 15) is 5.11 Å². The average molecular weight is 215 g/mol. The maximum absolute atomic E-state index is 9.56. The molecule has 1 aromatic carbocycles. The number of rotatable bonds is 4. The molecule has 0 amide bonds. The molecule has 0 bridgehead atoms. The molecular weight excluding hydrogens is 200 g/mol. The van der Waals surface area contributed by atoms with Crippen LogP contribution in [0.15, 0.2) is 18.2 Å². The molecule has 3 heteroatoms. The van der Waals surface area contributed by atoms with Gasteiger partial charge in [-0.3, -0.25) is 0 Å². The van der Waals surface area contributed by atoms with Gasteiger partial charge < -0.3 is 9.84 Å². The van der Waals surface area contributed by atoms with E-state index in [1.807, 2.05) is 32.0 Å². The van der Waals surface area contributed by atoms with E-state index in [1.165, 1.54) is 0 Å². The van der Waals surface area contributed by atoms with Crippen molar-refractivity contribution >= 4 is 11.6 Å². The van der Waals surface area contributed by atoms with Crippen LogP contribution in [0.2, 0.25) is 0 Å². The Labute approximate surface area is 89.5 Å². The van der Waals surface area contributed by atoms with E-state index in [1.54, 1.807) is 0 Å². The number of halogens is 1. The van der Waals surface area contributed by atoms with Gasteiger partial charge in [-0.05, 0) is 37.1 Å². The second-order valence-corrected chi connectivity index (χ2v) is 3.43. The molecule has 1 atom stereocenters. The zero-order chi connectivity index (χ0) is 10.6. The lowest BCUT2D eigenvalue weighted by molar-refractivity contribution is 0.202. The van der Waals surface area contributed by atoms with Crippen LogP contribution in [-0.4, -0.2) is 17.6 Å². The standard InChI is InChI=1S/C11H15ClO2/c1-3-14-9-4-5-10(8(2)6-9)11(13)7-12/h4-6,11,13H,3,7H2,1-2H3. The van der Waals surface area contributed by atoms with Crippen molar-refractivity contribution in [3.05, 3.63) is 29.3 Å². The minimum atomic E-state index is -0.590. The minimum absolute atomic E-state index is 0.217. The SMILES string of the molecule is CCOc1ccc(C(O)CCl)c(C)c1. The van der Waals surface area contributed by atoms with Gasteiger partial charge in [0, 0.05) is 0 Å². The van der Waals surface area contributed by atoms with Crippen molar-refractivity contribution in [1.82, 2.24) is 0 Å². The van der Waals surface area contributed by atoms with Gasteiger partial charge in [-0.15, -0.1) is 11.6 Å². The van der Waals surface area contributed by atoms with Crippen molar-refractivity contribution in [2.75, 3.05) is 12.5 Å². The molecule has 1 aromatic rings. The van der Waals surface area contributed by atoms with Crippen LogP contribution in [0.25, 0.3) is 0 Å². The highest BCUT2D eigenvalue weighted by Crippen LogP contribution is 2.23. The van der Waals surface area contributed by atoms with Gasteiger partial charge in [0.2, 0.25) is 0 Å². The largest absolute Gasteiger partial charge is 0.494 e. The van der Waals surface area contributed by atoms with E-state index in [-0.39, 0.29) is 5.88 Å². The Morgan fingerprint density at radius 1 is 1.50 bits per heavy atom. The smallest absolute Gasteiger partial charge is 0.119 e. The normalized spacial score (nSPS) is 12.6. The topological polar surface area (TPSA) is 29.5 Å². The zero-order valence-electron chi connectivity index (χ0n) is 8.46. The number of ether oxygens (including phenoxy) is 1. The maximum atomic E-state index is 9.56. The van der Waals surface area contributed by atoms with E-state index in [2.05, 4.69) is 0 Å². The van der Waals surface area contributed by atoms with Crippen molar-refractivity contribution in [3.8, 4) is 5.75 Å². The van der Waals surface area contributed by atoms with Crippen LogP contribution in [0.4, 0.5) is 0 Å². The summed E-state index contributed by atoms with van der Waals surface area (Å²) in [6.45, 7) is 4.53. The predicted molar refractivity (Wildman–Crippen MR) is 58.0 cm³/mol. The van der Waals surface area contributed by atoms with Crippen LogP contribution in [0.5, 0.6) is 5.75 Å². The first kappa shape index (κ1) is 11.3. The Kier molecular flexibility index (Phi) is 4.23. The van der Waals surface area contributed by atoms with Gasteiger partial charge in [-0.2, -0.15) is 0 Å². The summed E-state index contributed by atoms with van der Waals surface area (Å²) in [4.78, 5) is 0. The van der Waals surface area contributed by atoms with E-state index in [4.69, 9.17) is 16.3 Å². The molecule has 0 spiro atoms. The summed E-state index contributed by atoms with van der Waals surface area (Å²) in [6, 6.07) is 5.61. The molecule has 78 valence electrons. The van der Waals surface area contributed by atoms with Crippen LogP contribution in [0.3, 0.4) is 0 Å². The summed E-state index contributed by atoms with van der Waals surface area (Å²) < 4.78 is 5.34. The minimum Gasteiger partial charge on any atom is -0.494 e. The quantitative estimate of drug-likeness (QED) is 0.781. The second-order valence-electron chi connectivity index (χ2n) is 3.12. The lowest BCUT2D eigenvalue weighted by atomic mass is 10.0. The summed E-state index contributed by atoms with van der Waals surface area (Å²) in [7, 11) is 0. The molecule has 0 saturated heterocycles. The molecule has 0 heterocycles. The molecule has 0 aliphatic heterocycles. The van der Waals surface area contributed by atoms with E-state index < -0.39 is 6.10 Å². The second kappa shape index (κ2) is 5.23. The third-order valence-electron chi connectivity index (χ3n) is 2.06. The van der Waals surface area contributed by atoms with Crippen molar-refractivity contribution < 1.29 is 9.84 Å². The zero-order valence-corrected chi connectivity index (χ0v) is 9.21. The molecule has 1 N–H and O–H groups in total. The maximum Gasteiger partial charge on any atom is 0.119 e. The Hall–Kier alpha value is -0.730.